The van der Waals surface area contributed by atoms with Crippen LogP contribution in [0, 0.1) is 6.92 Å². The second-order valence-electron chi connectivity index (χ2n) is 3.97. The Bertz CT molecular complexity index is 666. The molecule has 0 saturated heterocycles. The lowest BCUT2D eigenvalue weighted by atomic mass is 10.3. The van der Waals surface area contributed by atoms with Crippen LogP contribution in [-0.2, 0) is 6.54 Å². The number of fused-ring (bicyclic) bond motifs is 1. The van der Waals surface area contributed by atoms with Gasteiger partial charge in [0.25, 0.3) is 0 Å². The Morgan fingerprint density at radius 3 is 2.88 bits per heavy atom. The fourth-order valence-corrected chi connectivity index (χ4v) is 2.86. The molecule has 0 saturated carbocycles. The Labute approximate surface area is 104 Å². The first-order chi connectivity index (χ1) is 8.29. The van der Waals surface area contributed by atoms with E-state index in [1.165, 1.54) is 9.75 Å². The third-order valence-electron chi connectivity index (χ3n) is 2.80. The standard InChI is InChI=1S/C13H13N3S/c1-9-5-6-12(17-9)13-15-8-11-4-2-3-10(7-14)16(11)13/h2-6,8H,7,14H2,1H3. The zero-order chi connectivity index (χ0) is 11.8. The quantitative estimate of drug-likeness (QED) is 0.752. The fraction of sp³-hybridized carbons (Fsp3) is 0.154. The normalized spacial score (nSPS) is 11.2. The molecule has 0 spiro atoms. The summed E-state index contributed by atoms with van der Waals surface area (Å²) in [7, 11) is 0. The number of nitrogens with two attached hydrogens (primary N) is 1. The van der Waals surface area contributed by atoms with E-state index in [0.29, 0.717) is 6.54 Å². The molecule has 0 aliphatic heterocycles. The highest BCUT2D eigenvalue weighted by molar-refractivity contribution is 7.15. The van der Waals surface area contributed by atoms with Gasteiger partial charge in [0.1, 0.15) is 0 Å². The lowest BCUT2D eigenvalue weighted by Crippen LogP contribution is -2.04. The molecule has 0 aliphatic carbocycles. The SMILES string of the molecule is Cc1ccc(-c2ncc3cccc(CN)n23)s1. The number of pyridine rings is 1. The number of nitrogens with zero attached hydrogens (tertiary/aromatic N) is 2. The van der Waals surface area contributed by atoms with Gasteiger partial charge in [0.2, 0.25) is 0 Å². The van der Waals surface area contributed by atoms with Crippen molar-refractivity contribution in [3.63, 3.8) is 0 Å². The first-order valence-corrected chi connectivity index (χ1v) is 6.33. The van der Waals surface area contributed by atoms with Crippen LogP contribution < -0.4 is 5.73 Å². The van der Waals surface area contributed by atoms with Crippen LogP contribution in [0.2, 0.25) is 0 Å². The van der Waals surface area contributed by atoms with E-state index in [0.717, 1.165) is 17.0 Å². The van der Waals surface area contributed by atoms with Gasteiger partial charge >= 0.3 is 0 Å². The Morgan fingerprint density at radius 2 is 2.18 bits per heavy atom. The minimum absolute atomic E-state index is 0.519. The molecule has 3 heterocycles. The van der Waals surface area contributed by atoms with Crippen LogP contribution in [0.25, 0.3) is 16.2 Å². The van der Waals surface area contributed by atoms with Crippen molar-refractivity contribution < 1.29 is 0 Å². The molecule has 3 nitrogen and oxygen atoms in total. The van der Waals surface area contributed by atoms with E-state index < -0.39 is 0 Å². The van der Waals surface area contributed by atoms with Gasteiger partial charge in [-0.1, -0.05) is 6.07 Å². The van der Waals surface area contributed by atoms with Crippen molar-refractivity contribution in [3.8, 4) is 10.7 Å². The maximum atomic E-state index is 5.78. The topological polar surface area (TPSA) is 43.3 Å². The first kappa shape index (κ1) is 10.5. The van der Waals surface area contributed by atoms with Gasteiger partial charge in [-0.3, -0.25) is 4.40 Å². The summed E-state index contributed by atoms with van der Waals surface area (Å²) in [5.74, 6) is 0.985. The van der Waals surface area contributed by atoms with E-state index in [2.05, 4.69) is 34.5 Å². The first-order valence-electron chi connectivity index (χ1n) is 5.52. The molecule has 0 bridgehead atoms. The molecule has 0 aromatic carbocycles. The van der Waals surface area contributed by atoms with E-state index >= 15 is 0 Å². The van der Waals surface area contributed by atoms with Crippen LogP contribution in [0.4, 0.5) is 0 Å². The second-order valence-corrected chi connectivity index (χ2v) is 5.26. The summed E-state index contributed by atoms with van der Waals surface area (Å²) in [4.78, 5) is 6.98. The number of thiophene rings is 1. The van der Waals surface area contributed by atoms with Gasteiger partial charge in [0.15, 0.2) is 5.82 Å². The van der Waals surface area contributed by atoms with Gasteiger partial charge in [-0.05, 0) is 31.2 Å². The van der Waals surface area contributed by atoms with Crippen molar-refractivity contribution in [1.29, 1.82) is 0 Å². The Hall–Kier alpha value is -1.65. The molecular formula is C13H13N3S. The lowest BCUT2D eigenvalue weighted by Gasteiger charge is -2.05. The molecule has 0 atom stereocenters. The Morgan fingerprint density at radius 1 is 1.29 bits per heavy atom. The number of rotatable bonds is 2. The second kappa shape index (κ2) is 3.98. The van der Waals surface area contributed by atoms with Crippen molar-refractivity contribution in [2.75, 3.05) is 0 Å². The van der Waals surface area contributed by atoms with E-state index in [1.54, 1.807) is 11.3 Å². The summed E-state index contributed by atoms with van der Waals surface area (Å²) in [5, 5.41) is 0. The predicted octanol–water partition coefficient (Wildman–Crippen LogP) is 2.83. The van der Waals surface area contributed by atoms with Crippen LogP contribution in [-0.4, -0.2) is 9.38 Å². The number of aryl methyl sites for hydroxylation is 1. The molecule has 3 aromatic heterocycles. The van der Waals surface area contributed by atoms with Gasteiger partial charge in [0.05, 0.1) is 16.6 Å². The molecule has 0 aliphatic rings. The molecule has 2 N–H and O–H groups in total. The third-order valence-corrected chi connectivity index (χ3v) is 3.80. The molecule has 4 heteroatoms. The summed E-state index contributed by atoms with van der Waals surface area (Å²) in [6.07, 6.45) is 1.89. The molecule has 3 rings (SSSR count). The molecule has 86 valence electrons. The molecule has 0 radical (unpaired) electrons. The number of imidazole rings is 1. The average Bonchev–Trinajstić information content (AvgIpc) is 2.94. The minimum Gasteiger partial charge on any atom is -0.325 e. The molecule has 17 heavy (non-hydrogen) atoms. The molecule has 3 aromatic rings. The van der Waals surface area contributed by atoms with E-state index in [4.69, 9.17) is 5.73 Å². The van der Waals surface area contributed by atoms with Crippen molar-refractivity contribution in [1.82, 2.24) is 9.38 Å². The Balaban J connectivity index is 2.30. The highest BCUT2D eigenvalue weighted by Gasteiger charge is 2.10. The highest BCUT2D eigenvalue weighted by Crippen LogP contribution is 2.28. The van der Waals surface area contributed by atoms with Crippen LogP contribution in [0.15, 0.2) is 36.5 Å². The molecular weight excluding hydrogens is 230 g/mol. The molecule has 0 fully saturated rings. The zero-order valence-corrected chi connectivity index (χ0v) is 10.4. The smallest absolute Gasteiger partial charge is 0.154 e. The monoisotopic (exact) mass is 243 g/mol. The van der Waals surface area contributed by atoms with Crippen molar-refractivity contribution in [3.05, 3.63) is 47.1 Å². The summed E-state index contributed by atoms with van der Waals surface area (Å²) < 4.78 is 2.13. The fourth-order valence-electron chi connectivity index (χ4n) is 2.00. The summed E-state index contributed by atoms with van der Waals surface area (Å²) >= 11 is 1.76. The number of aromatic nitrogens is 2. The summed E-state index contributed by atoms with van der Waals surface area (Å²) in [6, 6.07) is 10.3. The van der Waals surface area contributed by atoms with Crippen molar-refractivity contribution in [2.45, 2.75) is 13.5 Å². The van der Waals surface area contributed by atoms with Crippen LogP contribution in [0.1, 0.15) is 10.6 Å². The molecule has 0 amide bonds. The van der Waals surface area contributed by atoms with E-state index in [-0.39, 0.29) is 0 Å². The van der Waals surface area contributed by atoms with Gasteiger partial charge < -0.3 is 5.73 Å². The summed E-state index contributed by atoms with van der Waals surface area (Å²) in [5.41, 5.74) is 7.96. The third kappa shape index (κ3) is 1.66. The van der Waals surface area contributed by atoms with E-state index in [1.807, 2.05) is 18.3 Å². The maximum Gasteiger partial charge on any atom is 0.154 e. The average molecular weight is 243 g/mol. The maximum absolute atomic E-state index is 5.78. The van der Waals surface area contributed by atoms with Crippen LogP contribution in [0.3, 0.4) is 0 Å². The van der Waals surface area contributed by atoms with Crippen molar-refractivity contribution in [2.24, 2.45) is 5.73 Å². The number of hydrogen-bond donors (Lipinski definition) is 1. The Kier molecular flexibility index (Phi) is 2.46. The van der Waals surface area contributed by atoms with E-state index in [9.17, 15) is 0 Å². The van der Waals surface area contributed by atoms with Crippen molar-refractivity contribution >= 4 is 16.9 Å². The molecule has 0 unspecified atom stereocenters. The van der Waals surface area contributed by atoms with Gasteiger partial charge in [-0.2, -0.15) is 0 Å². The largest absolute Gasteiger partial charge is 0.325 e. The number of hydrogen-bond acceptors (Lipinski definition) is 3. The minimum atomic E-state index is 0.519. The van der Waals surface area contributed by atoms with Gasteiger partial charge in [0, 0.05) is 17.1 Å². The zero-order valence-electron chi connectivity index (χ0n) is 9.55. The van der Waals surface area contributed by atoms with Gasteiger partial charge in [-0.15, -0.1) is 11.3 Å². The summed E-state index contributed by atoms with van der Waals surface area (Å²) in [6.45, 7) is 2.62. The van der Waals surface area contributed by atoms with Gasteiger partial charge in [-0.25, -0.2) is 4.98 Å². The lowest BCUT2D eigenvalue weighted by molar-refractivity contribution is 0.947. The van der Waals surface area contributed by atoms with Crippen LogP contribution in [0.5, 0.6) is 0 Å². The van der Waals surface area contributed by atoms with Crippen LogP contribution >= 0.6 is 11.3 Å². The predicted molar refractivity (Wildman–Crippen MR) is 71.1 cm³/mol. The highest BCUT2D eigenvalue weighted by atomic mass is 32.1.